The van der Waals surface area contributed by atoms with Crippen molar-refractivity contribution in [2.24, 2.45) is 0 Å². The molecule has 5 aromatic rings. The average molecular weight is 450 g/mol. The summed E-state index contributed by atoms with van der Waals surface area (Å²) in [4.78, 5) is 24.6. The van der Waals surface area contributed by atoms with Crippen molar-refractivity contribution >= 4 is 38.8 Å². The molecule has 0 fully saturated rings. The first-order valence-corrected chi connectivity index (χ1v) is 11.1. The van der Waals surface area contributed by atoms with Gasteiger partial charge in [-0.15, -0.1) is 27.8 Å². The zero-order valence-electron chi connectivity index (χ0n) is 16.4. The molecular formula is C22H16FN5OS2. The minimum absolute atomic E-state index is 0.0521. The van der Waals surface area contributed by atoms with Gasteiger partial charge in [0.05, 0.1) is 27.3 Å². The van der Waals surface area contributed by atoms with Crippen molar-refractivity contribution in [3.63, 3.8) is 0 Å². The summed E-state index contributed by atoms with van der Waals surface area (Å²) in [6.07, 6.45) is 0. The SMILES string of the molecule is CN(Cc1nc2ccccc2s1)C(=O)c1nc(-c2cccs2)n(-c2cccc(F)c2)n1. The Morgan fingerprint density at radius 1 is 1.10 bits per heavy atom. The Hall–Kier alpha value is -3.43. The van der Waals surface area contributed by atoms with Crippen molar-refractivity contribution in [1.29, 1.82) is 0 Å². The van der Waals surface area contributed by atoms with Crippen LogP contribution in [0.4, 0.5) is 4.39 Å². The Kier molecular flexibility index (Phi) is 5.05. The number of benzene rings is 2. The van der Waals surface area contributed by atoms with Crippen LogP contribution in [0.5, 0.6) is 0 Å². The number of para-hydroxylation sites is 1. The molecule has 154 valence electrons. The van der Waals surface area contributed by atoms with Gasteiger partial charge in [-0.3, -0.25) is 4.79 Å². The van der Waals surface area contributed by atoms with E-state index >= 15 is 0 Å². The van der Waals surface area contributed by atoms with Crippen LogP contribution < -0.4 is 0 Å². The van der Waals surface area contributed by atoms with Gasteiger partial charge in [0.1, 0.15) is 10.8 Å². The molecule has 3 aromatic heterocycles. The average Bonchev–Trinajstić information content (AvgIpc) is 3.51. The Morgan fingerprint density at radius 3 is 2.74 bits per heavy atom. The van der Waals surface area contributed by atoms with E-state index in [-0.39, 0.29) is 17.5 Å². The first-order chi connectivity index (χ1) is 15.1. The second-order valence-electron chi connectivity index (χ2n) is 6.86. The number of carbonyl (C=O) groups excluding carboxylic acids is 1. The monoisotopic (exact) mass is 449 g/mol. The number of carbonyl (C=O) groups is 1. The minimum atomic E-state index is -0.383. The fourth-order valence-electron chi connectivity index (χ4n) is 3.19. The van der Waals surface area contributed by atoms with Crippen LogP contribution in [0.25, 0.3) is 26.6 Å². The summed E-state index contributed by atoms with van der Waals surface area (Å²) in [7, 11) is 1.70. The van der Waals surface area contributed by atoms with Gasteiger partial charge in [-0.2, -0.15) is 0 Å². The maximum absolute atomic E-state index is 13.8. The molecule has 1 amide bonds. The number of aromatic nitrogens is 4. The van der Waals surface area contributed by atoms with Crippen LogP contribution in [0.1, 0.15) is 15.6 Å². The van der Waals surface area contributed by atoms with E-state index in [0.717, 1.165) is 20.1 Å². The van der Waals surface area contributed by atoms with Crippen LogP contribution in [0.15, 0.2) is 66.0 Å². The van der Waals surface area contributed by atoms with Crippen molar-refractivity contribution < 1.29 is 9.18 Å². The summed E-state index contributed by atoms with van der Waals surface area (Å²) in [6, 6.07) is 17.7. The van der Waals surface area contributed by atoms with Crippen molar-refractivity contribution in [3.05, 3.63) is 82.7 Å². The highest BCUT2D eigenvalue weighted by Crippen LogP contribution is 2.27. The number of halogens is 1. The van der Waals surface area contributed by atoms with Crippen LogP contribution in [0, 0.1) is 5.82 Å². The number of amides is 1. The smallest absolute Gasteiger partial charge is 0.293 e. The standard InChI is InChI=1S/C22H16FN5OS2/c1-27(13-19-24-16-8-2-3-9-17(16)31-19)22(29)20-25-21(18-10-5-11-30-18)28(26-20)15-7-4-6-14(23)12-15/h2-12H,13H2,1H3. The number of nitrogens with zero attached hydrogens (tertiary/aromatic N) is 5. The van der Waals surface area contributed by atoms with E-state index in [1.165, 1.54) is 28.2 Å². The van der Waals surface area contributed by atoms with E-state index in [0.29, 0.717) is 18.1 Å². The van der Waals surface area contributed by atoms with E-state index in [2.05, 4.69) is 15.1 Å². The van der Waals surface area contributed by atoms with E-state index in [1.54, 1.807) is 35.4 Å². The van der Waals surface area contributed by atoms with Crippen molar-refractivity contribution in [2.45, 2.75) is 6.54 Å². The fourth-order valence-corrected chi connectivity index (χ4v) is 4.91. The minimum Gasteiger partial charge on any atom is -0.332 e. The van der Waals surface area contributed by atoms with Gasteiger partial charge in [-0.25, -0.2) is 19.0 Å². The molecule has 9 heteroatoms. The molecular weight excluding hydrogens is 433 g/mol. The van der Waals surface area contributed by atoms with Gasteiger partial charge in [0.25, 0.3) is 5.91 Å². The molecule has 5 rings (SSSR count). The topological polar surface area (TPSA) is 63.9 Å². The lowest BCUT2D eigenvalue weighted by Crippen LogP contribution is -2.27. The molecule has 3 heterocycles. The second kappa shape index (κ2) is 8.01. The molecule has 0 spiro atoms. The molecule has 0 radical (unpaired) electrons. The third-order valence-corrected chi connectivity index (χ3v) is 6.54. The maximum atomic E-state index is 13.8. The zero-order chi connectivity index (χ0) is 21.4. The molecule has 0 N–H and O–H groups in total. The lowest BCUT2D eigenvalue weighted by molar-refractivity contribution is 0.0773. The predicted octanol–water partition coefficient (Wildman–Crippen LogP) is 5.02. The fraction of sp³-hybridized carbons (Fsp3) is 0.0909. The van der Waals surface area contributed by atoms with E-state index < -0.39 is 0 Å². The third kappa shape index (κ3) is 3.85. The van der Waals surface area contributed by atoms with Crippen molar-refractivity contribution in [3.8, 4) is 16.4 Å². The number of thiazole rings is 1. The highest BCUT2D eigenvalue weighted by atomic mass is 32.1. The molecule has 2 aromatic carbocycles. The summed E-state index contributed by atoms with van der Waals surface area (Å²) >= 11 is 3.03. The molecule has 0 aliphatic carbocycles. The van der Waals surface area contributed by atoms with Gasteiger partial charge < -0.3 is 4.90 Å². The van der Waals surface area contributed by atoms with Crippen LogP contribution in [-0.4, -0.2) is 37.6 Å². The van der Waals surface area contributed by atoms with Crippen LogP contribution in [0.3, 0.4) is 0 Å². The Labute approximate surface area is 185 Å². The van der Waals surface area contributed by atoms with E-state index in [4.69, 9.17) is 0 Å². The lowest BCUT2D eigenvalue weighted by Gasteiger charge is -2.13. The largest absolute Gasteiger partial charge is 0.332 e. The van der Waals surface area contributed by atoms with Crippen LogP contribution in [0.2, 0.25) is 0 Å². The van der Waals surface area contributed by atoms with Crippen LogP contribution in [-0.2, 0) is 6.54 Å². The predicted molar refractivity (Wildman–Crippen MR) is 120 cm³/mol. The molecule has 0 unspecified atom stereocenters. The Morgan fingerprint density at radius 2 is 1.97 bits per heavy atom. The number of thiophene rings is 1. The number of rotatable bonds is 5. The Balaban J connectivity index is 1.47. The summed E-state index contributed by atoms with van der Waals surface area (Å²) in [5.41, 5.74) is 1.42. The van der Waals surface area contributed by atoms with Gasteiger partial charge >= 0.3 is 0 Å². The first kappa shape index (κ1) is 19.5. The summed E-state index contributed by atoms with van der Waals surface area (Å²) in [5.74, 6) is -0.160. The highest BCUT2D eigenvalue weighted by Gasteiger charge is 2.23. The number of hydrogen-bond acceptors (Lipinski definition) is 6. The quantitative estimate of drug-likeness (QED) is 0.378. The highest BCUT2D eigenvalue weighted by molar-refractivity contribution is 7.18. The summed E-state index contributed by atoms with van der Waals surface area (Å²) in [6.45, 7) is 0.348. The first-order valence-electron chi connectivity index (χ1n) is 9.45. The third-order valence-electron chi connectivity index (χ3n) is 4.65. The van der Waals surface area contributed by atoms with Crippen LogP contribution >= 0.6 is 22.7 Å². The van der Waals surface area contributed by atoms with Crippen molar-refractivity contribution in [2.75, 3.05) is 7.05 Å². The van der Waals surface area contributed by atoms with Gasteiger partial charge in [-0.1, -0.05) is 24.3 Å². The molecule has 31 heavy (non-hydrogen) atoms. The van der Waals surface area contributed by atoms with E-state index in [9.17, 15) is 9.18 Å². The molecule has 0 bridgehead atoms. The molecule has 0 aliphatic rings. The van der Waals surface area contributed by atoms with E-state index in [1.807, 2.05) is 41.8 Å². The normalized spacial score (nSPS) is 11.2. The van der Waals surface area contributed by atoms with Gasteiger partial charge in [0.2, 0.25) is 5.82 Å². The van der Waals surface area contributed by atoms with Gasteiger partial charge in [-0.05, 0) is 41.8 Å². The van der Waals surface area contributed by atoms with Crippen molar-refractivity contribution in [1.82, 2.24) is 24.6 Å². The maximum Gasteiger partial charge on any atom is 0.293 e. The lowest BCUT2D eigenvalue weighted by atomic mass is 10.3. The molecule has 0 aliphatic heterocycles. The number of hydrogen-bond donors (Lipinski definition) is 0. The molecule has 0 atom stereocenters. The zero-order valence-corrected chi connectivity index (χ0v) is 18.0. The summed E-state index contributed by atoms with van der Waals surface area (Å²) in [5, 5.41) is 7.17. The van der Waals surface area contributed by atoms with Gasteiger partial charge in [0.15, 0.2) is 5.82 Å². The molecule has 6 nitrogen and oxygen atoms in total. The van der Waals surface area contributed by atoms with Gasteiger partial charge in [0, 0.05) is 7.05 Å². The molecule has 0 saturated heterocycles. The summed E-state index contributed by atoms with van der Waals surface area (Å²) < 4.78 is 16.4. The second-order valence-corrected chi connectivity index (χ2v) is 8.93. The Bertz CT molecular complexity index is 1340. The number of fused-ring (bicyclic) bond motifs is 1. The molecule has 0 saturated carbocycles.